The molecule has 0 amide bonds. The van der Waals surface area contributed by atoms with Crippen LogP contribution in [0.3, 0.4) is 0 Å². The van der Waals surface area contributed by atoms with Gasteiger partial charge in [0.25, 0.3) is 0 Å². The first-order chi connectivity index (χ1) is 8.08. The molecular weight excluding hydrogens is 214 g/mol. The van der Waals surface area contributed by atoms with Crippen molar-refractivity contribution in [3.05, 3.63) is 29.8 Å². The predicted molar refractivity (Wildman–Crippen MR) is 68.3 cm³/mol. The first-order valence-corrected chi connectivity index (χ1v) is 6.13. The Morgan fingerprint density at radius 2 is 2.00 bits per heavy atom. The molecule has 1 N–H and O–H groups in total. The minimum Gasteiger partial charge on any atom is -0.480 e. The van der Waals surface area contributed by atoms with E-state index in [0.717, 1.165) is 5.69 Å². The number of aryl methyl sites for hydroxylation is 1. The van der Waals surface area contributed by atoms with Crippen LogP contribution in [0.5, 0.6) is 0 Å². The summed E-state index contributed by atoms with van der Waals surface area (Å²) < 4.78 is 0. The second kappa shape index (κ2) is 4.78. The molecule has 1 aromatic rings. The fourth-order valence-corrected chi connectivity index (χ4v) is 2.19. The zero-order chi connectivity index (χ0) is 12.4. The highest BCUT2D eigenvalue weighted by Crippen LogP contribution is 2.36. The van der Waals surface area contributed by atoms with Crippen LogP contribution in [-0.2, 0) is 4.79 Å². The molecule has 0 saturated heterocycles. The third-order valence-corrected chi connectivity index (χ3v) is 3.47. The predicted octanol–water partition coefficient (Wildman–Crippen LogP) is 2.68. The molecule has 1 aliphatic carbocycles. The number of carboxylic acids is 1. The number of aliphatic carboxylic acids is 1. The molecule has 17 heavy (non-hydrogen) atoms. The van der Waals surface area contributed by atoms with Crippen LogP contribution in [0.25, 0.3) is 0 Å². The smallest absolute Gasteiger partial charge is 0.323 e. The normalized spacial score (nSPS) is 16.6. The second-order valence-electron chi connectivity index (χ2n) is 4.94. The average Bonchev–Trinajstić information content (AvgIpc) is 3.10. The van der Waals surface area contributed by atoms with Crippen LogP contribution in [0.15, 0.2) is 24.3 Å². The number of nitrogens with zero attached hydrogens (tertiary/aromatic N) is 1. The summed E-state index contributed by atoms with van der Waals surface area (Å²) in [6.07, 6.45) is 2.45. The summed E-state index contributed by atoms with van der Waals surface area (Å²) in [5, 5.41) is 9.01. The van der Waals surface area contributed by atoms with Gasteiger partial charge in [-0.2, -0.15) is 0 Å². The third kappa shape index (κ3) is 2.99. The number of hydrogen-bond acceptors (Lipinski definition) is 2. The number of hydrogen-bond donors (Lipinski definition) is 1. The standard InChI is InChI=1S/C14H19NO2/c1-10-3-7-13(8-4-10)15(9-14(16)17)11(2)12-5-6-12/h3-4,7-8,11-12H,5-6,9H2,1-2H3,(H,16,17). The van der Waals surface area contributed by atoms with Gasteiger partial charge in [-0.1, -0.05) is 17.7 Å². The van der Waals surface area contributed by atoms with Crippen molar-refractivity contribution in [2.24, 2.45) is 5.92 Å². The van der Waals surface area contributed by atoms with E-state index in [1.807, 2.05) is 36.1 Å². The maximum Gasteiger partial charge on any atom is 0.323 e. The molecule has 0 aromatic heterocycles. The lowest BCUT2D eigenvalue weighted by molar-refractivity contribution is -0.135. The Balaban J connectivity index is 2.18. The summed E-state index contributed by atoms with van der Waals surface area (Å²) in [7, 11) is 0. The molecule has 0 bridgehead atoms. The maximum absolute atomic E-state index is 11.0. The van der Waals surface area contributed by atoms with Gasteiger partial charge in [0.1, 0.15) is 6.54 Å². The molecule has 1 aliphatic rings. The molecular formula is C14H19NO2. The van der Waals surface area contributed by atoms with Gasteiger partial charge in [0, 0.05) is 11.7 Å². The molecule has 1 unspecified atom stereocenters. The summed E-state index contributed by atoms with van der Waals surface area (Å²) in [6, 6.07) is 8.40. The van der Waals surface area contributed by atoms with Gasteiger partial charge in [-0.15, -0.1) is 0 Å². The van der Waals surface area contributed by atoms with Gasteiger partial charge < -0.3 is 10.0 Å². The van der Waals surface area contributed by atoms with Crippen LogP contribution in [0.2, 0.25) is 0 Å². The molecule has 0 heterocycles. The third-order valence-electron chi connectivity index (χ3n) is 3.47. The van der Waals surface area contributed by atoms with E-state index in [1.54, 1.807) is 0 Å². The highest BCUT2D eigenvalue weighted by molar-refractivity contribution is 5.74. The maximum atomic E-state index is 11.0. The Labute approximate surface area is 102 Å². The summed E-state index contributed by atoms with van der Waals surface area (Å²) in [5.41, 5.74) is 2.21. The van der Waals surface area contributed by atoms with Crippen LogP contribution in [0, 0.1) is 12.8 Å². The van der Waals surface area contributed by atoms with E-state index in [9.17, 15) is 4.79 Å². The molecule has 3 heteroatoms. The van der Waals surface area contributed by atoms with Crippen LogP contribution >= 0.6 is 0 Å². The zero-order valence-electron chi connectivity index (χ0n) is 10.4. The molecule has 1 fully saturated rings. The van der Waals surface area contributed by atoms with Crippen molar-refractivity contribution in [1.29, 1.82) is 0 Å². The SMILES string of the molecule is Cc1ccc(N(CC(=O)O)C(C)C2CC2)cc1. The lowest BCUT2D eigenvalue weighted by atomic mass is 10.1. The second-order valence-corrected chi connectivity index (χ2v) is 4.94. The highest BCUT2D eigenvalue weighted by Gasteiger charge is 2.32. The van der Waals surface area contributed by atoms with E-state index in [0.29, 0.717) is 12.0 Å². The van der Waals surface area contributed by atoms with E-state index in [4.69, 9.17) is 5.11 Å². The first-order valence-electron chi connectivity index (χ1n) is 6.13. The van der Waals surface area contributed by atoms with Gasteiger partial charge in [0.05, 0.1) is 0 Å². The summed E-state index contributed by atoms with van der Waals surface area (Å²) in [4.78, 5) is 13.0. The van der Waals surface area contributed by atoms with Crippen LogP contribution in [0.1, 0.15) is 25.3 Å². The van der Waals surface area contributed by atoms with Crippen LogP contribution in [-0.4, -0.2) is 23.7 Å². The zero-order valence-corrected chi connectivity index (χ0v) is 10.4. The Morgan fingerprint density at radius 1 is 1.41 bits per heavy atom. The number of carboxylic acid groups (broad SMARTS) is 1. The van der Waals surface area contributed by atoms with E-state index in [1.165, 1.54) is 18.4 Å². The van der Waals surface area contributed by atoms with Gasteiger partial charge in [-0.3, -0.25) is 4.79 Å². The molecule has 0 radical (unpaired) electrons. The lowest BCUT2D eigenvalue weighted by Gasteiger charge is -2.30. The summed E-state index contributed by atoms with van der Waals surface area (Å²) >= 11 is 0. The van der Waals surface area contributed by atoms with E-state index in [2.05, 4.69) is 6.92 Å². The molecule has 3 nitrogen and oxygen atoms in total. The molecule has 0 spiro atoms. The minimum absolute atomic E-state index is 0.0841. The van der Waals surface area contributed by atoms with E-state index in [-0.39, 0.29) is 6.54 Å². The van der Waals surface area contributed by atoms with Crippen molar-refractivity contribution < 1.29 is 9.90 Å². The van der Waals surface area contributed by atoms with Gasteiger partial charge >= 0.3 is 5.97 Å². The Bertz CT molecular complexity index is 395. The van der Waals surface area contributed by atoms with Crippen molar-refractivity contribution in [1.82, 2.24) is 0 Å². The van der Waals surface area contributed by atoms with Crippen LogP contribution < -0.4 is 4.90 Å². The topological polar surface area (TPSA) is 40.5 Å². The quantitative estimate of drug-likeness (QED) is 0.850. The van der Waals surface area contributed by atoms with Crippen molar-refractivity contribution >= 4 is 11.7 Å². The van der Waals surface area contributed by atoms with E-state index < -0.39 is 5.97 Å². The van der Waals surface area contributed by atoms with Gasteiger partial charge in [-0.05, 0) is 44.7 Å². The lowest BCUT2D eigenvalue weighted by Crippen LogP contribution is -2.38. The fraction of sp³-hybridized carbons (Fsp3) is 0.500. The Morgan fingerprint density at radius 3 is 2.47 bits per heavy atom. The first kappa shape index (κ1) is 12.0. The minimum atomic E-state index is -0.766. The summed E-state index contributed by atoms with van der Waals surface area (Å²) in [5.74, 6) is -0.103. The summed E-state index contributed by atoms with van der Waals surface area (Å²) in [6.45, 7) is 4.25. The van der Waals surface area contributed by atoms with Crippen molar-refractivity contribution in [3.8, 4) is 0 Å². The molecule has 2 rings (SSSR count). The molecule has 0 aliphatic heterocycles. The van der Waals surface area contributed by atoms with Crippen molar-refractivity contribution in [2.45, 2.75) is 32.7 Å². The van der Waals surface area contributed by atoms with Crippen LogP contribution in [0.4, 0.5) is 5.69 Å². The van der Waals surface area contributed by atoms with E-state index >= 15 is 0 Å². The largest absolute Gasteiger partial charge is 0.480 e. The Hall–Kier alpha value is -1.51. The van der Waals surface area contributed by atoms with Gasteiger partial charge in [-0.25, -0.2) is 0 Å². The molecule has 92 valence electrons. The van der Waals surface area contributed by atoms with Gasteiger partial charge in [0.15, 0.2) is 0 Å². The number of anilines is 1. The fourth-order valence-electron chi connectivity index (χ4n) is 2.19. The highest BCUT2D eigenvalue weighted by atomic mass is 16.4. The molecule has 1 aromatic carbocycles. The Kier molecular flexibility index (Phi) is 3.36. The molecule has 1 saturated carbocycles. The van der Waals surface area contributed by atoms with Crippen molar-refractivity contribution in [3.63, 3.8) is 0 Å². The average molecular weight is 233 g/mol. The number of benzene rings is 1. The number of carbonyl (C=O) groups is 1. The van der Waals surface area contributed by atoms with Crippen molar-refractivity contribution in [2.75, 3.05) is 11.4 Å². The monoisotopic (exact) mass is 233 g/mol. The van der Waals surface area contributed by atoms with Gasteiger partial charge in [0.2, 0.25) is 0 Å². The number of rotatable bonds is 5. The molecule has 1 atom stereocenters.